The van der Waals surface area contributed by atoms with Crippen molar-refractivity contribution in [1.29, 1.82) is 0 Å². The van der Waals surface area contributed by atoms with Gasteiger partial charge in [0.2, 0.25) is 0 Å². The summed E-state index contributed by atoms with van der Waals surface area (Å²) in [6.45, 7) is 0.0745. The smallest absolute Gasteiger partial charge is 0.258 e. The number of rotatable bonds is 5. The van der Waals surface area contributed by atoms with Gasteiger partial charge in [0.25, 0.3) is 15.7 Å². The highest BCUT2D eigenvalue weighted by Crippen LogP contribution is 2.36. The molecule has 0 aliphatic heterocycles. The van der Waals surface area contributed by atoms with Gasteiger partial charge in [0, 0.05) is 17.1 Å². The van der Waals surface area contributed by atoms with Crippen LogP contribution in [-0.2, 0) is 16.6 Å². The molecule has 0 aliphatic carbocycles. The number of nitro groups is 1. The highest BCUT2D eigenvalue weighted by atomic mass is 79.9. The van der Waals surface area contributed by atoms with Crippen LogP contribution in [0.2, 0.25) is 4.34 Å². The molecule has 0 saturated carbocycles. The molecular weight excluding hydrogens is 404 g/mol. The number of sulfonamides is 1. The summed E-state index contributed by atoms with van der Waals surface area (Å²) in [4.78, 5) is 9.97. The molecule has 1 N–H and O–H groups in total. The van der Waals surface area contributed by atoms with Crippen LogP contribution < -0.4 is 4.72 Å². The van der Waals surface area contributed by atoms with E-state index in [9.17, 15) is 18.5 Å². The van der Waals surface area contributed by atoms with Crippen molar-refractivity contribution in [3.63, 3.8) is 0 Å². The summed E-state index contributed by atoms with van der Waals surface area (Å²) < 4.78 is 27.0. The topological polar surface area (TPSA) is 89.3 Å². The molecule has 2 aromatic rings. The van der Waals surface area contributed by atoms with Crippen molar-refractivity contribution in [3.05, 3.63) is 54.8 Å². The maximum absolute atomic E-state index is 12.1. The van der Waals surface area contributed by atoms with Crippen LogP contribution in [0.5, 0.6) is 0 Å². The van der Waals surface area contributed by atoms with Gasteiger partial charge in [0.1, 0.15) is 4.21 Å². The summed E-state index contributed by atoms with van der Waals surface area (Å²) in [5, 5.41) is 10.7. The molecule has 0 atom stereocenters. The molecule has 0 unspecified atom stereocenters. The lowest BCUT2D eigenvalue weighted by Gasteiger charge is -2.04. The second kappa shape index (κ2) is 6.41. The molecule has 1 aromatic carbocycles. The number of thiophene rings is 1. The molecule has 112 valence electrons. The minimum atomic E-state index is -3.84. The lowest BCUT2D eigenvalue weighted by atomic mass is 10.2. The van der Waals surface area contributed by atoms with Crippen LogP contribution in [0, 0.1) is 10.1 Å². The van der Waals surface area contributed by atoms with Gasteiger partial charge in [0.05, 0.1) is 4.92 Å². The molecule has 6 nitrogen and oxygen atoms in total. The van der Waals surface area contributed by atoms with Crippen molar-refractivity contribution < 1.29 is 13.3 Å². The average Bonchev–Trinajstić information content (AvgIpc) is 2.80. The third kappa shape index (κ3) is 4.01. The van der Waals surface area contributed by atoms with Crippen molar-refractivity contribution >= 4 is 54.6 Å². The van der Waals surface area contributed by atoms with Crippen molar-refractivity contribution in [2.24, 2.45) is 0 Å². The summed E-state index contributed by atoms with van der Waals surface area (Å²) in [5.41, 5.74) is 0.342. The van der Waals surface area contributed by atoms with Crippen LogP contribution in [-0.4, -0.2) is 13.3 Å². The van der Waals surface area contributed by atoms with Gasteiger partial charge in [-0.2, -0.15) is 0 Å². The van der Waals surface area contributed by atoms with Gasteiger partial charge in [-0.1, -0.05) is 39.7 Å². The second-order valence-corrected chi connectivity index (χ2v) is 8.50. The molecule has 10 heteroatoms. The number of hydrogen-bond acceptors (Lipinski definition) is 5. The van der Waals surface area contributed by atoms with E-state index in [1.54, 1.807) is 18.2 Å². The predicted octanol–water partition coefficient (Wildman–Crippen LogP) is 3.55. The van der Waals surface area contributed by atoms with Gasteiger partial charge >= 0.3 is 0 Å². The highest BCUT2D eigenvalue weighted by Gasteiger charge is 2.24. The standard InChI is InChI=1S/C11H8BrClN2O4S2/c12-8-3-1-2-7(4-8)6-14-21(18,19)10-5-9(15(16)17)11(13)20-10/h1-5,14H,6H2. The summed E-state index contributed by atoms with van der Waals surface area (Å²) in [6, 6.07) is 8.08. The van der Waals surface area contributed by atoms with E-state index in [-0.39, 0.29) is 15.1 Å². The number of halogens is 2. The number of nitrogens with zero attached hydrogens (tertiary/aromatic N) is 1. The molecule has 0 saturated heterocycles. The Morgan fingerprint density at radius 2 is 2.10 bits per heavy atom. The lowest BCUT2D eigenvalue weighted by Crippen LogP contribution is -2.22. The maximum atomic E-state index is 12.1. The monoisotopic (exact) mass is 410 g/mol. The Kier molecular flexibility index (Phi) is 4.99. The largest absolute Gasteiger partial charge is 0.300 e. The Balaban J connectivity index is 2.19. The summed E-state index contributed by atoms with van der Waals surface area (Å²) in [7, 11) is -3.84. The first-order valence-corrected chi connectivity index (χ1v) is 8.94. The van der Waals surface area contributed by atoms with Crippen molar-refractivity contribution in [2.45, 2.75) is 10.8 Å². The molecule has 1 heterocycles. The Bertz CT molecular complexity index is 791. The Labute approximate surface area is 138 Å². The zero-order chi connectivity index (χ0) is 15.6. The molecule has 0 spiro atoms. The van der Waals surface area contributed by atoms with Crippen LogP contribution in [0.25, 0.3) is 0 Å². The minimum absolute atomic E-state index is 0.0745. The van der Waals surface area contributed by atoms with Crippen molar-refractivity contribution in [3.8, 4) is 0 Å². The van der Waals surface area contributed by atoms with Crippen LogP contribution in [0.15, 0.2) is 39.0 Å². The number of benzene rings is 1. The second-order valence-electron chi connectivity index (χ2n) is 3.94. The molecule has 0 bridgehead atoms. The zero-order valence-corrected chi connectivity index (χ0v) is 14.2. The van der Waals surface area contributed by atoms with Crippen molar-refractivity contribution in [2.75, 3.05) is 0 Å². The first-order chi connectivity index (χ1) is 9.79. The summed E-state index contributed by atoms with van der Waals surface area (Å²) in [6.07, 6.45) is 0. The fourth-order valence-corrected chi connectivity index (χ4v) is 4.67. The first-order valence-electron chi connectivity index (χ1n) is 5.47. The Morgan fingerprint density at radius 3 is 2.67 bits per heavy atom. The van der Waals surface area contributed by atoms with E-state index < -0.39 is 20.6 Å². The number of hydrogen-bond donors (Lipinski definition) is 1. The molecule has 0 fully saturated rings. The quantitative estimate of drug-likeness (QED) is 0.602. The first kappa shape index (κ1) is 16.4. The van der Waals surface area contributed by atoms with E-state index in [0.717, 1.165) is 16.1 Å². The average molecular weight is 412 g/mol. The van der Waals surface area contributed by atoms with E-state index >= 15 is 0 Å². The zero-order valence-electron chi connectivity index (χ0n) is 10.2. The molecule has 21 heavy (non-hydrogen) atoms. The molecule has 0 aliphatic rings. The van der Waals surface area contributed by atoms with E-state index in [1.807, 2.05) is 6.07 Å². The van der Waals surface area contributed by atoms with Crippen LogP contribution in [0.3, 0.4) is 0 Å². The lowest BCUT2D eigenvalue weighted by molar-refractivity contribution is -0.384. The minimum Gasteiger partial charge on any atom is -0.258 e. The third-order valence-corrected chi connectivity index (χ3v) is 6.17. The highest BCUT2D eigenvalue weighted by molar-refractivity contribution is 9.10. The van der Waals surface area contributed by atoms with Crippen LogP contribution in [0.4, 0.5) is 5.69 Å². The normalized spacial score (nSPS) is 11.5. The molecule has 2 rings (SSSR count). The van der Waals surface area contributed by atoms with E-state index in [0.29, 0.717) is 11.3 Å². The Hall–Kier alpha value is -1.000. The Morgan fingerprint density at radius 1 is 1.38 bits per heavy atom. The van der Waals surface area contributed by atoms with Gasteiger partial charge in [-0.05, 0) is 17.7 Å². The van der Waals surface area contributed by atoms with E-state index in [1.165, 1.54) is 0 Å². The fraction of sp³-hybridized carbons (Fsp3) is 0.0909. The van der Waals surface area contributed by atoms with Crippen LogP contribution >= 0.6 is 38.9 Å². The molecule has 0 radical (unpaired) electrons. The van der Waals surface area contributed by atoms with Gasteiger partial charge in [-0.25, -0.2) is 13.1 Å². The number of nitrogens with one attached hydrogen (secondary N) is 1. The van der Waals surface area contributed by atoms with E-state index in [2.05, 4.69) is 20.7 Å². The summed E-state index contributed by atoms with van der Waals surface area (Å²) >= 11 is 9.60. The molecule has 1 aromatic heterocycles. The van der Waals surface area contributed by atoms with Gasteiger partial charge < -0.3 is 0 Å². The fourth-order valence-electron chi connectivity index (χ4n) is 1.49. The summed E-state index contributed by atoms with van der Waals surface area (Å²) in [5.74, 6) is 0. The van der Waals surface area contributed by atoms with Crippen LogP contribution in [0.1, 0.15) is 5.56 Å². The van der Waals surface area contributed by atoms with Gasteiger partial charge in [-0.15, -0.1) is 11.3 Å². The van der Waals surface area contributed by atoms with E-state index in [4.69, 9.17) is 11.6 Å². The molecule has 0 amide bonds. The van der Waals surface area contributed by atoms with Gasteiger partial charge in [-0.3, -0.25) is 10.1 Å². The maximum Gasteiger partial charge on any atom is 0.300 e. The van der Waals surface area contributed by atoms with Gasteiger partial charge in [0.15, 0.2) is 4.34 Å². The van der Waals surface area contributed by atoms with Crippen molar-refractivity contribution in [1.82, 2.24) is 4.72 Å². The SMILES string of the molecule is O=[N+]([O-])c1cc(S(=O)(=O)NCc2cccc(Br)c2)sc1Cl. The molecular formula is C11H8BrClN2O4S2. The predicted molar refractivity (Wildman–Crippen MR) is 84.2 cm³/mol. The third-order valence-electron chi connectivity index (χ3n) is 2.46.